The first-order chi connectivity index (χ1) is 14.7. The molecule has 31 heavy (non-hydrogen) atoms. The summed E-state index contributed by atoms with van der Waals surface area (Å²) in [6.07, 6.45) is -2.33. The van der Waals surface area contributed by atoms with E-state index in [2.05, 4.69) is 13.5 Å². The fourth-order valence-corrected chi connectivity index (χ4v) is 4.81. The van der Waals surface area contributed by atoms with Crippen molar-refractivity contribution in [3.63, 3.8) is 0 Å². The van der Waals surface area contributed by atoms with Crippen LogP contribution in [-0.4, -0.2) is 44.5 Å². The van der Waals surface area contributed by atoms with Crippen LogP contribution in [0.25, 0.3) is 0 Å². The van der Waals surface area contributed by atoms with E-state index >= 15 is 0 Å². The van der Waals surface area contributed by atoms with E-state index in [9.17, 15) is 22.4 Å². The predicted octanol–water partition coefficient (Wildman–Crippen LogP) is 0.188. The van der Waals surface area contributed by atoms with Crippen LogP contribution in [0.3, 0.4) is 0 Å². The van der Waals surface area contributed by atoms with Crippen molar-refractivity contribution >= 4 is 11.9 Å². The number of anilines is 1. The van der Waals surface area contributed by atoms with Gasteiger partial charge in [-0.3, -0.25) is 0 Å². The van der Waals surface area contributed by atoms with Crippen molar-refractivity contribution in [2.45, 2.75) is 36.3 Å². The summed E-state index contributed by atoms with van der Waals surface area (Å²) in [4.78, 5) is 21.0. The van der Waals surface area contributed by atoms with Crippen LogP contribution in [0.4, 0.5) is 23.5 Å². The summed E-state index contributed by atoms with van der Waals surface area (Å²) in [6.45, 7) is 2.14. The number of carbonyl (C=O) groups is 1. The zero-order chi connectivity index (χ0) is 22.4. The van der Waals surface area contributed by atoms with Gasteiger partial charge >= 0.3 is 187 Å². The molecule has 1 aromatic carbocycles. The molecule has 0 spiro atoms. The Bertz CT molecular complexity index is 868. The van der Waals surface area contributed by atoms with Gasteiger partial charge < -0.3 is 0 Å². The van der Waals surface area contributed by atoms with E-state index in [1.807, 2.05) is 0 Å². The molecule has 1 aromatic heterocycles. The zero-order valence-electron chi connectivity index (χ0n) is 16.4. The second-order valence-corrected chi connectivity index (χ2v) is 9.12. The summed E-state index contributed by atoms with van der Waals surface area (Å²) in [7, 11) is 0. The summed E-state index contributed by atoms with van der Waals surface area (Å²) >= 11 is -0.964. The summed E-state index contributed by atoms with van der Waals surface area (Å²) in [6, 6.07) is 4.85. The molecule has 170 valence electrons. The van der Waals surface area contributed by atoms with Crippen LogP contribution in [0, 0.1) is 5.82 Å². The molecule has 1 N–H and O–H groups in total. The number of alkyl halides is 4. The van der Waals surface area contributed by atoms with E-state index < -0.39 is 49.4 Å². The molecule has 1 aliphatic rings. The van der Waals surface area contributed by atoms with Crippen LogP contribution in [0.1, 0.15) is 24.5 Å². The van der Waals surface area contributed by atoms with E-state index in [-0.39, 0.29) is 25.1 Å². The van der Waals surface area contributed by atoms with Gasteiger partial charge in [-0.05, 0) is 0 Å². The van der Waals surface area contributed by atoms with E-state index in [4.69, 9.17) is 9.47 Å². The number of benzene rings is 1. The molecule has 0 aliphatic carbocycles. The first kappa shape index (κ1) is 23.6. The third kappa shape index (κ3) is 6.97. The Kier molecular flexibility index (Phi) is 8.00. The topological polar surface area (TPSA) is 76.6 Å². The number of amides is 1. The third-order valence-corrected chi connectivity index (χ3v) is 6.52. The standard InChI is InChI=1S/C19H20F4IN4O3/c1-2-16(29)28-10-17(30-11-28)31-15(24-27-18-25-8-14(20)9-26-18)7-12-3-5-13(6-4-12)19(21,22)23/h3-6,8-9,15,17H,2,7,10-11H2,1H3,(H,25,26,27)/q-1/t15?,17-/m1/s1. The minimum absolute atomic E-state index is 0.0575. The Labute approximate surface area is 186 Å². The average Bonchev–Trinajstić information content (AvgIpc) is 3.21. The van der Waals surface area contributed by atoms with Gasteiger partial charge in [0.25, 0.3) is 0 Å². The van der Waals surface area contributed by atoms with Gasteiger partial charge in [0, 0.05) is 0 Å². The van der Waals surface area contributed by atoms with E-state index in [0.29, 0.717) is 18.4 Å². The van der Waals surface area contributed by atoms with Crippen molar-refractivity contribution in [2.75, 3.05) is 16.8 Å². The molecule has 2 atom stereocenters. The molecule has 0 bridgehead atoms. The van der Waals surface area contributed by atoms with E-state index in [1.165, 1.54) is 17.0 Å². The van der Waals surface area contributed by atoms with Crippen LogP contribution in [0.15, 0.2) is 36.7 Å². The predicted molar refractivity (Wildman–Crippen MR) is 97.4 cm³/mol. The Morgan fingerprint density at radius 1 is 1.32 bits per heavy atom. The first-order valence-corrected chi connectivity index (χ1v) is 11.6. The maximum atomic E-state index is 13.0. The van der Waals surface area contributed by atoms with Crippen molar-refractivity contribution in [1.82, 2.24) is 14.9 Å². The van der Waals surface area contributed by atoms with Crippen molar-refractivity contribution in [3.8, 4) is 0 Å². The number of aromatic nitrogens is 2. The van der Waals surface area contributed by atoms with Crippen LogP contribution >= 0.6 is 0 Å². The number of nitrogens with zero attached hydrogens (tertiary/aromatic N) is 3. The molecule has 1 amide bonds. The number of nitrogens with one attached hydrogen (secondary N) is 1. The molecule has 0 radical (unpaired) electrons. The van der Waals surface area contributed by atoms with Gasteiger partial charge in [-0.2, -0.15) is 0 Å². The molecular formula is C19H20F4IN4O3-. The number of carbonyl (C=O) groups excluding carboxylic acids is 1. The van der Waals surface area contributed by atoms with Crippen LogP contribution in [-0.2, 0) is 26.9 Å². The number of ether oxygens (including phenoxy) is 2. The summed E-state index contributed by atoms with van der Waals surface area (Å²) in [5, 5.41) is 0. The fourth-order valence-electron chi connectivity index (χ4n) is 2.70. The number of hydrogen-bond acceptors (Lipinski definition) is 6. The molecule has 0 saturated carbocycles. The monoisotopic (exact) mass is 555 g/mol. The molecule has 1 unspecified atom stereocenters. The number of rotatable bonds is 8. The van der Waals surface area contributed by atoms with E-state index in [0.717, 1.165) is 24.5 Å². The molecular weight excluding hydrogens is 535 g/mol. The minimum atomic E-state index is -4.41. The quantitative estimate of drug-likeness (QED) is 0.217. The van der Waals surface area contributed by atoms with Crippen molar-refractivity contribution in [2.24, 2.45) is 0 Å². The first-order valence-electron chi connectivity index (χ1n) is 9.31. The molecule has 1 fully saturated rings. The third-order valence-electron chi connectivity index (χ3n) is 4.30. The second-order valence-electron chi connectivity index (χ2n) is 6.57. The summed E-state index contributed by atoms with van der Waals surface area (Å²) < 4.78 is 65.5. The van der Waals surface area contributed by atoms with Gasteiger partial charge in [-0.1, -0.05) is 0 Å². The molecule has 3 rings (SSSR count). The average molecular weight is 555 g/mol. The van der Waals surface area contributed by atoms with Crippen LogP contribution < -0.4 is 25.0 Å². The molecule has 12 heteroatoms. The molecule has 1 aliphatic heterocycles. The van der Waals surface area contributed by atoms with Crippen LogP contribution in [0.5, 0.6) is 0 Å². The fraction of sp³-hybridized carbons (Fsp3) is 0.421. The van der Waals surface area contributed by atoms with Gasteiger partial charge in [-0.25, -0.2) is 0 Å². The zero-order valence-corrected chi connectivity index (χ0v) is 18.6. The summed E-state index contributed by atoms with van der Waals surface area (Å²) in [5.74, 6) is -0.399. The second kappa shape index (κ2) is 10.5. The van der Waals surface area contributed by atoms with E-state index in [1.54, 1.807) is 6.92 Å². The maximum absolute atomic E-state index is 13.0. The molecule has 1 saturated heterocycles. The van der Waals surface area contributed by atoms with Gasteiger partial charge in [0.15, 0.2) is 0 Å². The number of halogens is 5. The van der Waals surface area contributed by atoms with Crippen LogP contribution in [0.2, 0.25) is 0 Å². The molecule has 2 heterocycles. The number of hydrogen-bond donors (Lipinski definition) is 1. The SMILES string of the molecule is CCC(=O)N1CO[C@H](OC(Cc2ccc(C(F)(F)F)cc2)[I-]Nc2ncc(F)cn2)C1. The molecule has 7 nitrogen and oxygen atoms in total. The van der Waals surface area contributed by atoms with Gasteiger partial charge in [-0.15, -0.1) is 0 Å². The Balaban J connectivity index is 1.66. The Morgan fingerprint density at radius 2 is 2.00 bits per heavy atom. The van der Waals surface area contributed by atoms with Crippen molar-refractivity contribution < 1.29 is 53.3 Å². The normalized spacial score (nSPS) is 17.7. The Hall–Kier alpha value is -2.06. The summed E-state index contributed by atoms with van der Waals surface area (Å²) in [5.41, 5.74) is -0.0758. The molecule has 2 aromatic rings. The van der Waals surface area contributed by atoms with Crippen molar-refractivity contribution in [3.05, 3.63) is 53.6 Å². The van der Waals surface area contributed by atoms with Gasteiger partial charge in [0.2, 0.25) is 0 Å². The Morgan fingerprint density at radius 3 is 2.61 bits per heavy atom. The van der Waals surface area contributed by atoms with Gasteiger partial charge in [0.1, 0.15) is 0 Å². The van der Waals surface area contributed by atoms with Gasteiger partial charge in [0.05, 0.1) is 0 Å². The van der Waals surface area contributed by atoms with Crippen molar-refractivity contribution in [1.29, 1.82) is 0 Å².